The van der Waals surface area contributed by atoms with E-state index in [1.807, 2.05) is 30.3 Å². The maximum atomic E-state index is 12.3. The molecule has 0 unspecified atom stereocenters. The molecule has 1 nitrogen and oxygen atoms in total. The first-order valence-electron chi connectivity index (χ1n) is 5.53. The molecule has 0 N–H and O–H groups in total. The van der Waals surface area contributed by atoms with Crippen molar-refractivity contribution in [2.45, 2.75) is 19.6 Å². The Morgan fingerprint density at radius 3 is 2.25 bits per heavy atom. The number of carbonyl (C=O) groups excluding carboxylic acids is 1. The average Bonchev–Trinajstić information content (AvgIpc) is 2.26. The zero-order chi connectivity index (χ0) is 11.8. The molecular weight excluding hydrogens is 212 g/mol. The van der Waals surface area contributed by atoms with Gasteiger partial charge >= 0.3 is 0 Å². The Hall–Kier alpha value is -1.41. The first-order valence-corrected chi connectivity index (χ1v) is 9.03. The molecule has 0 atom stereocenters. The van der Waals surface area contributed by atoms with Gasteiger partial charge in [-0.15, -0.1) is 0 Å². The van der Waals surface area contributed by atoms with Crippen LogP contribution in [0.3, 0.4) is 0 Å². The fourth-order valence-corrected chi connectivity index (χ4v) is 2.85. The molecule has 0 aromatic heterocycles. The Morgan fingerprint density at radius 2 is 1.56 bits per heavy atom. The summed E-state index contributed by atoms with van der Waals surface area (Å²) in [4.78, 5) is 12.3. The average molecular weight is 228 g/mol. The zero-order valence-electron chi connectivity index (χ0n) is 9.95. The molecule has 0 radical (unpaired) electrons. The molecule has 0 fully saturated rings. The van der Waals surface area contributed by atoms with Gasteiger partial charge in [-0.25, -0.2) is 0 Å². The highest BCUT2D eigenvalue weighted by Crippen LogP contribution is 2.22. The van der Waals surface area contributed by atoms with Gasteiger partial charge in [-0.2, -0.15) is 0 Å². The molecule has 0 saturated carbocycles. The molecule has 2 aromatic rings. The lowest BCUT2D eigenvalue weighted by Crippen LogP contribution is -2.33. The van der Waals surface area contributed by atoms with E-state index in [2.05, 4.69) is 31.8 Å². The summed E-state index contributed by atoms with van der Waals surface area (Å²) in [6.07, 6.45) is 0. The Bertz CT molecular complexity index is 532. The first-order chi connectivity index (χ1) is 7.50. The van der Waals surface area contributed by atoms with Crippen LogP contribution in [0, 0.1) is 0 Å². The van der Waals surface area contributed by atoms with E-state index >= 15 is 0 Å². The van der Waals surface area contributed by atoms with Crippen LogP contribution in [-0.4, -0.2) is 13.5 Å². The number of benzene rings is 2. The van der Waals surface area contributed by atoms with E-state index in [1.165, 1.54) is 0 Å². The van der Waals surface area contributed by atoms with Gasteiger partial charge < -0.3 is 4.79 Å². The summed E-state index contributed by atoms with van der Waals surface area (Å²) in [6.45, 7) is 6.28. The van der Waals surface area contributed by atoms with E-state index in [0.717, 1.165) is 16.3 Å². The van der Waals surface area contributed by atoms with Gasteiger partial charge in [0.05, 0.1) is 0 Å². The van der Waals surface area contributed by atoms with Crippen molar-refractivity contribution in [2.75, 3.05) is 0 Å². The number of carbonyl (C=O) groups is 1. The van der Waals surface area contributed by atoms with Crippen LogP contribution < -0.4 is 0 Å². The standard InChI is InChI=1S/C14H16OSi/c1-16(2,3)14(15)13-10-6-8-11-7-4-5-9-12(11)13/h4-10H,1-3H3. The summed E-state index contributed by atoms with van der Waals surface area (Å²) in [5, 5.41) is 2.56. The topological polar surface area (TPSA) is 17.1 Å². The van der Waals surface area contributed by atoms with Gasteiger partial charge in [-0.3, -0.25) is 0 Å². The fraction of sp³-hybridized carbons (Fsp3) is 0.214. The number of hydrogen-bond donors (Lipinski definition) is 0. The van der Waals surface area contributed by atoms with E-state index in [1.54, 1.807) is 0 Å². The van der Waals surface area contributed by atoms with Crippen LogP contribution in [0.15, 0.2) is 42.5 Å². The molecule has 82 valence electrons. The molecule has 2 aromatic carbocycles. The molecule has 2 rings (SSSR count). The van der Waals surface area contributed by atoms with E-state index in [9.17, 15) is 4.79 Å². The normalized spacial score (nSPS) is 11.7. The van der Waals surface area contributed by atoms with E-state index < -0.39 is 8.07 Å². The van der Waals surface area contributed by atoms with E-state index in [-0.39, 0.29) is 0 Å². The lowest BCUT2D eigenvalue weighted by atomic mass is 10.1. The molecule has 0 spiro atoms. The van der Waals surface area contributed by atoms with Crippen molar-refractivity contribution >= 4 is 24.3 Å². The summed E-state index contributed by atoms with van der Waals surface area (Å²) in [7, 11) is -1.76. The van der Waals surface area contributed by atoms with Crippen molar-refractivity contribution < 1.29 is 4.79 Å². The predicted molar refractivity (Wildman–Crippen MR) is 71.6 cm³/mol. The van der Waals surface area contributed by atoms with Crippen LogP contribution in [0.1, 0.15) is 10.4 Å². The number of hydrogen-bond acceptors (Lipinski definition) is 1. The molecule has 0 amide bonds. The number of rotatable bonds is 2. The molecule has 0 bridgehead atoms. The van der Waals surface area contributed by atoms with Crippen molar-refractivity contribution in [1.82, 2.24) is 0 Å². The summed E-state index contributed by atoms with van der Waals surface area (Å²) in [5.41, 5.74) is 0.886. The summed E-state index contributed by atoms with van der Waals surface area (Å²) >= 11 is 0. The second-order valence-corrected chi connectivity index (χ2v) is 10.1. The summed E-state index contributed by atoms with van der Waals surface area (Å²) < 4.78 is 0. The molecule has 0 aliphatic rings. The highest BCUT2D eigenvalue weighted by atomic mass is 28.3. The Labute approximate surface area is 97.1 Å². The largest absolute Gasteiger partial charge is 0.300 e. The minimum atomic E-state index is -1.76. The Balaban J connectivity index is 2.66. The van der Waals surface area contributed by atoms with Gasteiger partial charge in [0.2, 0.25) is 0 Å². The maximum Gasteiger partial charge on any atom is 0.140 e. The van der Waals surface area contributed by atoms with Crippen LogP contribution in [0.2, 0.25) is 19.6 Å². The van der Waals surface area contributed by atoms with Crippen molar-refractivity contribution in [1.29, 1.82) is 0 Å². The van der Waals surface area contributed by atoms with Gasteiger partial charge in [0.15, 0.2) is 0 Å². The van der Waals surface area contributed by atoms with Crippen molar-refractivity contribution in [3.8, 4) is 0 Å². The quantitative estimate of drug-likeness (QED) is 0.712. The maximum absolute atomic E-state index is 12.3. The van der Waals surface area contributed by atoms with Crippen LogP contribution in [0.25, 0.3) is 10.8 Å². The molecule has 0 heterocycles. The van der Waals surface area contributed by atoms with Gasteiger partial charge in [0.25, 0.3) is 0 Å². The van der Waals surface area contributed by atoms with Crippen LogP contribution in [0.4, 0.5) is 0 Å². The van der Waals surface area contributed by atoms with E-state index in [4.69, 9.17) is 0 Å². The van der Waals surface area contributed by atoms with Crippen molar-refractivity contribution in [2.24, 2.45) is 0 Å². The van der Waals surface area contributed by atoms with Crippen LogP contribution in [-0.2, 0) is 0 Å². The lowest BCUT2D eigenvalue weighted by Gasteiger charge is -2.15. The van der Waals surface area contributed by atoms with Crippen LogP contribution >= 0.6 is 0 Å². The molecule has 0 saturated heterocycles. The minimum Gasteiger partial charge on any atom is -0.300 e. The minimum absolute atomic E-state index is 0.337. The SMILES string of the molecule is C[Si](C)(C)C(=O)c1cccc2ccccc12. The van der Waals surface area contributed by atoms with Crippen molar-refractivity contribution in [3.05, 3.63) is 48.0 Å². The Morgan fingerprint density at radius 1 is 0.938 bits per heavy atom. The third kappa shape index (κ3) is 1.93. The van der Waals surface area contributed by atoms with Gasteiger partial charge in [0.1, 0.15) is 13.5 Å². The summed E-state index contributed by atoms with van der Waals surface area (Å²) in [6, 6.07) is 14.0. The first kappa shape index (κ1) is 11.1. The highest BCUT2D eigenvalue weighted by molar-refractivity contribution is 7.05. The molecule has 0 aliphatic heterocycles. The second kappa shape index (κ2) is 3.87. The molecule has 0 aliphatic carbocycles. The fourth-order valence-electron chi connectivity index (χ4n) is 1.83. The molecule has 16 heavy (non-hydrogen) atoms. The van der Waals surface area contributed by atoms with Crippen molar-refractivity contribution in [3.63, 3.8) is 0 Å². The third-order valence-corrected chi connectivity index (χ3v) is 4.35. The van der Waals surface area contributed by atoms with E-state index in [0.29, 0.717) is 5.41 Å². The smallest absolute Gasteiger partial charge is 0.140 e. The number of fused-ring (bicyclic) bond motifs is 1. The summed E-state index contributed by atoms with van der Waals surface area (Å²) in [5.74, 6) is 0. The highest BCUT2D eigenvalue weighted by Gasteiger charge is 2.26. The molecule has 2 heteroatoms. The van der Waals surface area contributed by atoms with Gasteiger partial charge in [0, 0.05) is 5.56 Å². The lowest BCUT2D eigenvalue weighted by molar-refractivity contribution is 0.107. The molecular formula is C14H16OSi. The monoisotopic (exact) mass is 228 g/mol. The predicted octanol–water partition coefficient (Wildman–Crippen LogP) is 3.90. The van der Waals surface area contributed by atoms with Gasteiger partial charge in [-0.05, 0) is 10.8 Å². The van der Waals surface area contributed by atoms with Gasteiger partial charge in [-0.1, -0.05) is 62.1 Å². The Kier molecular flexibility index (Phi) is 2.68. The van der Waals surface area contributed by atoms with Crippen LogP contribution in [0.5, 0.6) is 0 Å². The zero-order valence-corrected chi connectivity index (χ0v) is 10.9. The second-order valence-electron chi connectivity index (χ2n) is 5.11. The third-order valence-electron chi connectivity index (χ3n) is 2.72.